The number of imidazole rings is 1. The smallest absolute Gasteiger partial charge is 0.251 e. The molecule has 0 saturated carbocycles. The van der Waals surface area contributed by atoms with Gasteiger partial charge in [0.05, 0.1) is 12.2 Å². The number of dihydropyridines is 1. The molecule has 0 spiro atoms. The maximum Gasteiger partial charge on any atom is 0.251 e. The van der Waals surface area contributed by atoms with Gasteiger partial charge in [0.15, 0.2) is 0 Å². The average molecular weight is 478 g/mol. The van der Waals surface area contributed by atoms with Crippen LogP contribution in [0.1, 0.15) is 30.6 Å². The van der Waals surface area contributed by atoms with Gasteiger partial charge in [0.25, 0.3) is 6.43 Å². The lowest BCUT2D eigenvalue weighted by molar-refractivity contribution is 0.0789. The summed E-state index contributed by atoms with van der Waals surface area (Å²) in [4.78, 5) is 14.0. The van der Waals surface area contributed by atoms with E-state index in [4.69, 9.17) is 4.98 Å². The molecule has 3 aromatic rings. The summed E-state index contributed by atoms with van der Waals surface area (Å²) in [5.74, 6) is 0.813. The zero-order valence-corrected chi connectivity index (χ0v) is 19.6. The number of benzene rings is 1. The lowest BCUT2D eigenvalue weighted by atomic mass is 9.91. The summed E-state index contributed by atoms with van der Waals surface area (Å²) < 4.78 is 28.0. The number of anilines is 1. The van der Waals surface area contributed by atoms with Crippen LogP contribution in [-0.2, 0) is 5.54 Å². The lowest BCUT2D eigenvalue weighted by Crippen LogP contribution is -2.49. The van der Waals surface area contributed by atoms with Crippen LogP contribution in [0.15, 0.2) is 73.3 Å². The molecule has 0 aliphatic carbocycles. The second-order valence-corrected chi connectivity index (χ2v) is 9.62. The number of rotatable bonds is 7. The van der Waals surface area contributed by atoms with Gasteiger partial charge in [0.2, 0.25) is 5.95 Å². The fourth-order valence-corrected chi connectivity index (χ4v) is 5.71. The Hall–Kier alpha value is -3.30. The minimum atomic E-state index is -2.30. The Morgan fingerprint density at radius 2 is 1.94 bits per heavy atom. The molecule has 35 heavy (non-hydrogen) atoms. The Bertz CT molecular complexity index is 1240. The summed E-state index contributed by atoms with van der Waals surface area (Å²) in [7, 11) is 0. The Labute approximate surface area is 203 Å². The lowest BCUT2D eigenvalue weighted by Gasteiger charge is -2.37. The first-order chi connectivity index (χ1) is 17.0. The van der Waals surface area contributed by atoms with Gasteiger partial charge >= 0.3 is 0 Å². The van der Waals surface area contributed by atoms with Crippen LogP contribution < -0.4 is 15.5 Å². The molecule has 1 aromatic carbocycles. The van der Waals surface area contributed by atoms with E-state index in [0.717, 1.165) is 23.7 Å². The van der Waals surface area contributed by atoms with Crippen molar-refractivity contribution in [3.05, 3.63) is 84.6 Å². The Balaban J connectivity index is 1.37. The first kappa shape index (κ1) is 22.2. The van der Waals surface area contributed by atoms with Crippen LogP contribution in [-0.4, -0.2) is 57.4 Å². The van der Waals surface area contributed by atoms with E-state index in [2.05, 4.69) is 51.7 Å². The number of halogens is 2. The second kappa shape index (κ2) is 8.73. The SMILES string of the molecule is C[C@H](NC1(c2cc3nccn3c(N3C[C@@H]4C[C@H]3CN4CC(F)F)n2)C=CNC=C1)c1ccccc1. The van der Waals surface area contributed by atoms with Gasteiger partial charge in [-0.3, -0.25) is 14.6 Å². The van der Waals surface area contributed by atoms with Gasteiger partial charge in [-0.15, -0.1) is 0 Å². The van der Waals surface area contributed by atoms with Crippen LogP contribution in [0.4, 0.5) is 14.7 Å². The van der Waals surface area contributed by atoms with E-state index in [1.165, 1.54) is 5.56 Å². The van der Waals surface area contributed by atoms with Crippen molar-refractivity contribution in [3.63, 3.8) is 0 Å². The second-order valence-electron chi connectivity index (χ2n) is 9.62. The molecular formula is C26H29F2N7. The molecule has 9 heteroatoms. The number of alkyl halides is 2. The van der Waals surface area contributed by atoms with Crippen LogP contribution in [0, 0.1) is 0 Å². The van der Waals surface area contributed by atoms with E-state index in [0.29, 0.717) is 13.1 Å². The first-order valence-electron chi connectivity index (χ1n) is 12.1. The molecule has 0 amide bonds. The van der Waals surface area contributed by atoms with Crippen LogP contribution in [0.25, 0.3) is 5.65 Å². The largest absolute Gasteiger partial charge is 0.368 e. The zero-order chi connectivity index (χ0) is 24.0. The number of aromatic nitrogens is 3. The maximum atomic E-state index is 13.0. The standard InChI is InChI=1S/C26H29F2N7/c1-18(19-5-3-2-4-6-19)32-26(7-9-29-10-8-26)22-14-24-30-11-12-34(24)25(31-22)35-16-20-13-21(35)15-33(20)17-23(27)28/h2-12,14,18,20-21,23,29,32H,13,15-17H2,1H3/t18-,20-,21-/m0/s1. The van der Waals surface area contributed by atoms with E-state index in [1.54, 1.807) is 6.20 Å². The molecule has 3 aliphatic rings. The molecule has 2 saturated heterocycles. The zero-order valence-electron chi connectivity index (χ0n) is 19.6. The highest BCUT2D eigenvalue weighted by atomic mass is 19.3. The predicted molar refractivity (Wildman–Crippen MR) is 131 cm³/mol. The van der Waals surface area contributed by atoms with Gasteiger partial charge in [0, 0.05) is 49.7 Å². The maximum absolute atomic E-state index is 13.0. The van der Waals surface area contributed by atoms with E-state index < -0.39 is 12.0 Å². The van der Waals surface area contributed by atoms with Gasteiger partial charge in [-0.05, 0) is 43.5 Å². The van der Waals surface area contributed by atoms with Crippen LogP contribution in [0.3, 0.4) is 0 Å². The van der Waals surface area contributed by atoms with Gasteiger partial charge < -0.3 is 10.2 Å². The Morgan fingerprint density at radius 1 is 1.14 bits per heavy atom. The van der Waals surface area contributed by atoms with Crippen LogP contribution >= 0.6 is 0 Å². The van der Waals surface area contributed by atoms with E-state index in [-0.39, 0.29) is 24.7 Å². The van der Waals surface area contributed by atoms with Crippen molar-refractivity contribution < 1.29 is 8.78 Å². The van der Waals surface area contributed by atoms with Crippen molar-refractivity contribution in [3.8, 4) is 0 Å². The minimum Gasteiger partial charge on any atom is -0.368 e. The topological polar surface area (TPSA) is 60.7 Å². The fraction of sp³-hybridized carbons (Fsp3) is 0.385. The number of likely N-dealkylation sites (tertiary alicyclic amines) is 1. The van der Waals surface area contributed by atoms with Gasteiger partial charge in [0.1, 0.15) is 11.2 Å². The van der Waals surface area contributed by atoms with Crippen molar-refractivity contribution in [2.75, 3.05) is 24.5 Å². The number of nitrogens with zero attached hydrogens (tertiary/aromatic N) is 5. The molecule has 0 radical (unpaired) electrons. The van der Waals surface area contributed by atoms with Crippen molar-refractivity contribution in [1.82, 2.24) is 29.9 Å². The monoisotopic (exact) mass is 477 g/mol. The third-order valence-electron chi connectivity index (χ3n) is 7.42. The van der Waals surface area contributed by atoms with Gasteiger partial charge in [-0.1, -0.05) is 30.3 Å². The molecule has 182 valence electrons. The van der Waals surface area contributed by atoms with Crippen LogP contribution in [0.2, 0.25) is 0 Å². The normalized spacial score (nSPS) is 23.9. The Kier molecular flexibility index (Phi) is 5.53. The summed E-state index contributed by atoms with van der Waals surface area (Å²) in [5, 5.41) is 6.92. The number of fused-ring (bicyclic) bond motifs is 3. The number of hydrogen-bond acceptors (Lipinski definition) is 6. The third-order valence-corrected chi connectivity index (χ3v) is 7.42. The number of piperazine rings is 1. The van der Waals surface area contributed by atoms with Gasteiger partial charge in [-0.25, -0.2) is 18.7 Å². The van der Waals surface area contributed by atoms with Crippen molar-refractivity contribution in [2.45, 2.75) is 43.4 Å². The van der Waals surface area contributed by atoms with E-state index in [1.807, 2.05) is 52.2 Å². The molecular weight excluding hydrogens is 448 g/mol. The molecule has 2 bridgehead atoms. The molecule has 6 rings (SSSR count). The molecule has 3 aliphatic heterocycles. The summed E-state index contributed by atoms with van der Waals surface area (Å²) in [6.07, 6.45) is 10.3. The van der Waals surface area contributed by atoms with E-state index >= 15 is 0 Å². The molecule has 2 N–H and O–H groups in total. The van der Waals surface area contributed by atoms with Crippen molar-refractivity contribution in [2.24, 2.45) is 0 Å². The third kappa shape index (κ3) is 3.98. The fourth-order valence-electron chi connectivity index (χ4n) is 5.71. The molecule has 2 fully saturated rings. The molecule has 5 heterocycles. The molecule has 7 nitrogen and oxygen atoms in total. The Morgan fingerprint density at radius 3 is 2.66 bits per heavy atom. The van der Waals surface area contributed by atoms with Crippen LogP contribution in [0.5, 0.6) is 0 Å². The molecule has 2 aromatic heterocycles. The average Bonchev–Trinajstić information content (AvgIpc) is 3.60. The highest BCUT2D eigenvalue weighted by molar-refractivity contribution is 5.53. The summed E-state index contributed by atoms with van der Waals surface area (Å²) in [5.41, 5.74) is 2.20. The minimum absolute atomic E-state index is 0.0653. The first-order valence-corrected chi connectivity index (χ1v) is 12.1. The summed E-state index contributed by atoms with van der Waals surface area (Å²) in [6, 6.07) is 12.7. The van der Waals surface area contributed by atoms with Gasteiger partial charge in [-0.2, -0.15) is 0 Å². The van der Waals surface area contributed by atoms with E-state index in [9.17, 15) is 8.78 Å². The highest BCUT2D eigenvalue weighted by Crippen LogP contribution is 2.36. The number of hydrogen-bond donors (Lipinski definition) is 2. The molecule has 0 unspecified atom stereocenters. The van der Waals surface area contributed by atoms with Crippen molar-refractivity contribution >= 4 is 11.6 Å². The highest BCUT2D eigenvalue weighted by Gasteiger charge is 2.45. The number of nitrogens with one attached hydrogen (secondary N) is 2. The van der Waals surface area contributed by atoms with Crippen molar-refractivity contribution in [1.29, 1.82) is 0 Å². The molecule has 3 atom stereocenters. The predicted octanol–water partition coefficient (Wildman–Crippen LogP) is 3.43. The summed E-state index contributed by atoms with van der Waals surface area (Å²) in [6.45, 7) is 3.31. The quantitative estimate of drug-likeness (QED) is 0.544. The summed E-state index contributed by atoms with van der Waals surface area (Å²) >= 11 is 0.